The molecule has 23 heavy (non-hydrogen) atoms. The van der Waals surface area contributed by atoms with Crippen LogP contribution in [0, 0.1) is 0 Å². The van der Waals surface area contributed by atoms with E-state index in [9.17, 15) is 4.79 Å². The van der Waals surface area contributed by atoms with Crippen LogP contribution in [0.3, 0.4) is 0 Å². The van der Waals surface area contributed by atoms with Crippen LogP contribution < -0.4 is 10.2 Å². The molecule has 2 aromatic carbocycles. The van der Waals surface area contributed by atoms with Crippen molar-refractivity contribution in [3.63, 3.8) is 0 Å². The van der Waals surface area contributed by atoms with Crippen molar-refractivity contribution in [2.24, 2.45) is 0 Å². The number of nitrogens with one attached hydrogen (secondary N) is 1. The van der Waals surface area contributed by atoms with E-state index in [0.717, 1.165) is 29.4 Å². The molecule has 120 valence electrons. The van der Waals surface area contributed by atoms with E-state index in [4.69, 9.17) is 0 Å². The molecule has 0 saturated carbocycles. The number of anilines is 1. The molecule has 1 aliphatic rings. The number of rotatable bonds is 4. The lowest BCUT2D eigenvalue weighted by molar-refractivity contribution is -0.120. The number of benzene rings is 2. The maximum absolute atomic E-state index is 12.4. The lowest BCUT2D eigenvalue weighted by Crippen LogP contribution is -2.40. The van der Waals surface area contributed by atoms with Gasteiger partial charge in [-0.25, -0.2) is 0 Å². The second-order valence-electron chi connectivity index (χ2n) is 5.99. The molecule has 3 rings (SSSR count). The van der Waals surface area contributed by atoms with Gasteiger partial charge in [0.1, 0.15) is 0 Å². The van der Waals surface area contributed by atoms with E-state index in [1.54, 1.807) is 0 Å². The van der Waals surface area contributed by atoms with E-state index >= 15 is 0 Å². The molecule has 2 aromatic rings. The zero-order valence-electron chi connectivity index (χ0n) is 13.3. The Kier molecular flexibility index (Phi) is 5.01. The normalized spacial score (nSPS) is 15.0. The first-order valence-electron chi connectivity index (χ1n) is 8.01. The molecule has 0 fully saturated rings. The topological polar surface area (TPSA) is 32.3 Å². The van der Waals surface area contributed by atoms with E-state index < -0.39 is 0 Å². The zero-order valence-corrected chi connectivity index (χ0v) is 14.8. The van der Waals surface area contributed by atoms with Crippen LogP contribution in [0.5, 0.6) is 0 Å². The van der Waals surface area contributed by atoms with Crippen LogP contribution in [0.25, 0.3) is 0 Å². The van der Waals surface area contributed by atoms with Crippen LogP contribution in [-0.4, -0.2) is 19.0 Å². The molecule has 0 bridgehead atoms. The number of amides is 1. The van der Waals surface area contributed by atoms with Crippen LogP contribution >= 0.6 is 15.9 Å². The first-order valence-corrected chi connectivity index (χ1v) is 8.80. The number of hydrogen-bond acceptors (Lipinski definition) is 2. The maximum Gasteiger partial charge on any atom is 0.239 e. The standard InChI is InChI=1S/C19H21BrN2O/c1-14(15-8-10-17(20)11-9-15)21-19(23)13-22-12-4-6-16-5-2-3-7-18(16)22/h2-3,5,7-11,14H,4,6,12-13H2,1H3,(H,21,23)/t14-/m0/s1. The Morgan fingerprint density at radius 2 is 1.96 bits per heavy atom. The Morgan fingerprint density at radius 1 is 1.22 bits per heavy atom. The average molecular weight is 373 g/mol. The molecule has 0 aromatic heterocycles. The van der Waals surface area contributed by atoms with Gasteiger partial charge in [-0.3, -0.25) is 4.79 Å². The second kappa shape index (κ2) is 7.18. The van der Waals surface area contributed by atoms with Crippen LogP contribution in [0.15, 0.2) is 53.0 Å². The smallest absolute Gasteiger partial charge is 0.239 e. The third kappa shape index (κ3) is 3.94. The second-order valence-corrected chi connectivity index (χ2v) is 6.91. The summed E-state index contributed by atoms with van der Waals surface area (Å²) in [6, 6.07) is 16.4. The third-order valence-corrected chi connectivity index (χ3v) is 4.82. The lowest BCUT2D eigenvalue weighted by Gasteiger charge is -2.31. The molecule has 1 N–H and O–H groups in total. The quantitative estimate of drug-likeness (QED) is 0.876. The number of para-hydroxylation sites is 1. The van der Waals surface area contributed by atoms with Crippen LogP contribution in [-0.2, 0) is 11.2 Å². The minimum atomic E-state index is 0.00985. The summed E-state index contributed by atoms with van der Waals surface area (Å²) in [6.45, 7) is 3.38. The minimum Gasteiger partial charge on any atom is -0.362 e. The summed E-state index contributed by atoms with van der Waals surface area (Å²) in [5.41, 5.74) is 3.65. The van der Waals surface area contributed by atoms with Gasteiger partial charge in [0.2, 0.25) is 5.91 Å². The number of carbonyl (C=O) groups excluding carboxylic acids is 1. The van der Waals surface area contributed by atoms with Gasteiger partial charge < -0.3 is 10.2 Å². The molecule has 1 aliphatic heterocycles. The first kappa shape index (κ1) is 16.1. The van der Waals surface area contributed by atoms with Gasteiger partial charge in [0.05, 0.1) is 12.6 Å². The van der Waals surface area contributed by atoms with Crippen molar-refractivity contribution in [3.8, 4) is 0 Å². The zero-order chi connectivity index (χ0) is 16.2. The molecule has 0 unspecified atom stereocenters. The third-order valence-electron chi connectivity index (χ3n) is 4.29. The number of aryl methyl sites for hydroxylation is 1. The van der Waals surface area contributed by atoms with Crippen LogP contribution in [0.4, 0.5) is 5.69 Å². The van der Waals surface area contributed by atoms with Crippen LogP contribution in [0.1, 0.15) is 30.5 Å². The van der Waals surface area contributed by atoms with Crippen molar-refractivity contribution in [1.82, 2.24) is 5.32 Å². The summed E-state index contributed by atoms with van der Waals surface area (Å²) in [5, 5.41) is 3.10. The van der Waals surface area contributed by atoms with Gasteiger partial charge in [0.25, 0.3) is 0 Å². The average Bonchev–Trinajstić information content (AvgIpc) is 2.55. The lowest BCUT2D eigenvalue weighted by atomic mass is 10.0. The molecular formula is C19H21BrN2O. The number of fused-ring (bicyclic) bond motifs is 1. The van der Waals surface area contributed by atoms with E-state index in [1.165, 1.54) is 11.3 Å². The Morgan fingerprint density at radius 3 is 2.74 bits per heavy atom. The number of hydrogen-bond donors (Lipinski definition) is 1. The van der Waals surface area contributed by atoms with Gasteiger partial charge in [0.15, 0.2) is 0 Å². The van der Waals surface area contributed by atoms with Crippen molar-refractivity contribution in [2.75, 3.05) is 18.0 Å². The fourth-order valence-electron chi connectivity index (χ4n) is 3.07. The molecular weight excluding hydrogens is 352 g/mol. The maximum atomic E-state index is 12.4. The first-order chi connectivity index (χ1) is 11.1. The van der Waals surface area contributed by atoms with Crippen molar-refractivity contribution >= 4 is 27.5 Å². The predicted octanol–water partition coefficient (Wildman–Crippen LogP) is 4.08. The highest BCUT2D eigenvalue weighted by atomic mass is 79.9. The summed E-state index contributed by atoms with van der Waals surface area (Å²) in [4.78, 5) is 14.6. The van der Waals surface area contributed by atoms with E-state index in [0.29, 0.717) is 6.54 Å². The summed E-state index contributed by atoms with van der Waals surface area (Å²) >= 11 is 3.43. The molecule has 4 heteroatoms. The summed E-state index contributed by atoms with van der Waals surface area (Å²) < 4.78 is 1.05. The fraction of sp³-hybridized carbons (Fsp3) is 0.316. The van der Waals surface area contributed by atoms with Gasteiger partial charge in [-0.1, -0.05) is 46.3 Å². The largest absolute Gasteiger partial charge is 0.362 e. The van der Waals surface area contributed by atoms with Gasteiger partial charge in [-0.05, 0) is 49.1 Å². The van der Waals surface area contributed by atoms with Crippen molar-refractivity contribution in [2.45, 2.75) is 25.8 Å². The molecule has 0 aliphatic carbocycles. The monoisotopic (exact) mass is 372 g/mol. The summed E-state index contributed by atoms with van der Waals surface area (Å²) in [5.74, 6) is 0.0668. The Bertz CT molecular complexity index is 684. The Hall–Kier alpha value is -1.81. The summed E-state index contributed by atoms with van der Waals surface area (Å²) in [7, 11) is 0. The van der Waals surface area contributed by atoms with E-state index in [2.05, 4.69) is 44.3 Å². The SMILES string of the molecule is C[C@H](NC(=O)CN1CCCc2ccccc21)c1ccc(Br)cc1. The van der Waals surface area contributed by atoms with Crippen molar-refractivity contribution < 1.29 is 4.79 Å². The molecule has 3 nitrogen and oxygen atoms in total. The van der Waals surface area contributed by atoms with E-state index in [-0.39, 0.29) is 11.9 Å². The minimum absolute atomic E-state index is 0.00985. The van der Waals surface area contributed by atoms with Gasteiger partial charge in [-0.2, -0.15) is 0 Å². The van der Waals surface area contributed by atoms with E-state index in [1.807, 2.05) is 37.3 Å². The molecule has 0 spiro atoms. The highest BCUT2D eigenvalue weighted by Crippen LogP contribution is 2.26. The highest BCUT2D eigenvalue weighted by molar-refractivity contribution is 9.10. The summed E-state index contributed by atoms with van der Waals surface area (Å²) in [6.07, 6.45) is 2.20. The van der Waals surface area contributed by atoms with Crippen molar-refractivity contribution in [1.29, 1.82) is 0 Å². The molecule has 1 heterocycles. The Labute approximate surface area is 145 Å². The van der Waals surface area contributed by atoms with Crippen LogP contribution in [0.2, 0.25) is 0 Å². The molecule has 0 radical (unpaired) electrons. The van der Waals surface area contributed by atoms with Gasteiger partial charge in [0, 0.05) is 16.7 Å². The molecule has 1 atom stereocenters. The van der Waals surface area contributed by atoms with Gasteiger partial charge in [-0.15, -0.1) is 0 Å². The predicted molar refractivity (Wildman–Crippen MR) is 97.7 cm³/mol. The Balaban J connectivity index is 1.63. The number of carbonyl (C=O) groups is 1. The number of nitrogens with zero attached hydrogens (tertiary/aromatic N) is 1. The highest BCUT2D eigenvalue weighted by Gasteiger charge is 2.19. The van der Waals surface area contributed by atoms with Gasteiger partial charge >= 0.3 is 0 Å². The molecule has 1 amide bonds. The fourth-order valence-corrected chi connectivity index (χ4v) is 3.34. The number of halogens is 1. The molecule has 0 saturated heterocycles. The van der Waals surface area contributed by atoms with Crippen molar-refractivity contribution in [3.05, 3.63) is 64.1 Å².